The Hall–Kier alpha value is -2.39. The number of amides is 2. The standard InChI is InChI=1S/C25H34BrN3O4S/c1-17(2)14-27-25(31)20(5)28(15-21-11-8-12-22(26)13-21)23(30)16-29(34(6,32)33)24-18(3)9-7-10-19(24)4/h7-13,17,20H,14-16H2,1-6H3,(H,27,31)/t20-/m0/s1. The number of carbonyl (C=O) groups excluding carboxylic acids is 2. The van der Waals surface area contributed by atoms with Gasteiger partial charge in [0.25, 0.3) is 0 Å². The Kier molecular flexibility index (Phi) is 9.70. The second-order valence-electron chi connectivity index (χ2n) is 8.98. The predicted molar refractivity (Wildman–Crippen MR) is 140 cm³/mol. The van der Waals surface area contributed by atoms with Crippen LogP contribution in [0.25, 0.3) is 0 Å². The molecule has 1 atom stereocenters. The number of nitrogens with one attached hydrogen (secondary N) is 1. The minimum atomic E-state index is -3.76. The molecule has 0 aliphatic rings. The third-order valence-corrected chi connectivity index (χ3v) is 7.07. The van der Waals surface area contributed by atoms with E-state index < -0.39 is 28.5 Å². The third-order valence-electron chi connectivity index (χ3n) is 5.46. The van der Waals surface area contributed by atoms with Crippen LogP contribution >= 0.6 is 15.9 Å². The van der Waals surface area contributed by atoms with E-state index in [0.29, 0.717) is 12.2 Å². The molecule has 0 unspecified atom stereocenters. The van der Waals surface area contributed by atoms with E-state index in [1.165, 1.54) is 4.90 Å². The Balaban J connectivity index is 2.43. The fraction of sp³-hybridized carbons (Fsp3) is 0.440. The first kappa shape index (κ1) is 27.9. The zero-order valence-electron chi connectivity index (χ0n) is 20.6. The van der Waals surface area contributed by atoms with Gasteiger partial charge < -0.3 is 10.2 Å². The number of nitrogens with zero attached hydrogens (tertiary/aromatic N) is 2. The highest BCUT2D eigenvalue weighted by Crippen LogP contribution is 2.27. The number of benzene rings is 2. The van der Waals surface area contributed by atoms with Crippen molar-refractivity contribution >= 4 is 43.5 Å². The number of hydrogen-bond acceptors (Lipinski definition) is 4. The van der Waals surface area contributed by atoms with Gasteiger partial charge in [-0.25, -0.2) is 8.42 Å². The van der Waals surface area contributed by atoms with Crippen LogP contribution in [0.2, 0.25) is 0 Å². The third kappa shape index (κ3) is 7.56. The smallest absolute Gasteiger partial charge is 0.244 e. The molecule has 0 bridgehead atoms. The van der Waals surface area contributed by atoms with Crippen molar-refractivity contribution in [2.45, 2.75) is 47.2 Å². The number of anilines is 1. The van der Waals surface area contributed by atoms with Crippen LogP contribution < -0.4 is 9.62 Å². The number of rotatable bonds is 10. The quantitative estimate of drug-likeness (QED) is 0.483. The lowest BCUT2D eigenvalue weighted by Gasteiger charge is -2.32. The van der Waals surface area contributed by atoms with Gasteiger partial charge in [-0.15, -0.1) is 0 Å². The highest BCUT2D eigenvalue weighted by atomic mass is 79.9. The molecule has 186 valence electrons. The summed E-state index contributed by atoms with van der Waals surface area (Å²) in [6.45, 7) is 9.51. The summed E-state index contributed by atoms with van der Waals surface area (Å²) in [5.41, 5.74) is 2.81. The topological polar surface area (TPSA) is 86.8 Å². The molecule has 0 spiro atoms. The molecule has 0 fully saturated rings. The molecule has 0 aliphatic carbocycles. The molecule has 0 heterocycles. The molecule has 0 saturated carbocycles. The van der Waals surface area contributed by atoms with Crippen LogP contribution in [0, 0.1) is 19.8 Å². The first-order valence-corrected chi connectivity index (χ1v) is 13.8. The van der Waals surface area contributed by atoms with Crippen LogP contribution in [-0.2, 0) is 26.2 Å². The van der Waals surface area contributed by atoms with Gasteiger partial charge in [0.2, 0.25) is 21.8 Å². The van der Waals surface area contributed by atoms with Gasteiger partial charge in [0.15, 0.2) is 0 Å². The van der Waals surface area contributed by atoms with E-state index in [-0.39, 0.29) is 18.4 Å². The van der Waals surface area contributed by atoms with Crippen molar-refractivity contribution in [3.05, 3.63) is 63.6 Å². The summed E-state index contributed by atoms with van der Waals surface area (Å²) in [4.78, 5) is 27.9. The summed E-state index contributed by atoms with van der Waals surface area (Å²) in [5.74, 6) is -0.481. The lowest BCUT2D eigenvalue weighted by Crippen LogP contribution is -2.51. The summed E-state index contributed by atoms with van der Waals surface area (Å²) in [7, 11) is -3.76. The summed E-state index contributed by atoms with van der Waals surface area (Å²) in [6.07, 6.45) is 1.09. The van der Waals surface area contributed by atoms with E-state index in [0.717, 1.165) is 31.7 Å². The van der Waals surface area contributed by atoms with E-state index in [1.807, 2.05) is 70.2 Å². The Bertz CT molecular complexity index is 1110. The average Bonchev–Trinajstić information content (AvgIpc) is 2.73. The van der Waals surface area contributed by atoms with Gasteiger partial charge in [-0.05, 0) is 55.5 Å². The van der Waals surface area contributed by atoms with E-state index in [9.17, 15) is 18.0 Å². The van der Waals surface area contributed by atoms with Crippen molar-refractivity contribution in [2.24, 2.45) is 5.92 Å². The molecule has 9 heteroatoms. The number of halogens is 1. The molecule has 34 heavy (non-hydrogen) atoms. The second-order valence-corrected chi connectivity index (χ2v) is 11.8. The Labute approximate surface area is 211 Å². The Morgan fingerprint density at radius 3 is 2.15 bits per heavy atom. The minimum absolute atomic E-state index is 0.166. The predicted octanol–water partition coefficient (Wildman–Crippen LogP) is 4.02. The zero-order valence-corrected chi connectivity index (χ0v) is 23.0. The SMILES string of the molecule is Cc1cccc(C)c1N(CC(=O)N(Cc1cccc(Br)c1)[C@@H](C)C(=O)NCC(C)C)S(C)(=O)=O. The molecule has 2 rings (SSSR count). The number of para-hydroxylation sites is 1. The number of sulfonamides is 1. The van der Waals surface area contributed by atoms with Gasteiger partial charge in [0, 0.05) is 17.6 Å². The van der Waals surface area contributed by atoms with E-state index in [2.05, 4.69) is 21.2 Å². The van der Waals surface area contributed by atoms with E-state index in [1.54, 1.807) is 6.92 Å². The number of carbonyl (C=O) groups is 2. The molecule has 2 aromatic rings. The first-order valence-electron chi connectivity index (χ1n) is 11.2. The lowest BCUT2D eigenvalue weighted by atomic mass is 10.1. The van der Waals surface area contributed by atoms with Gasteiger partial charge in [-0.2, -0.15) is 0 Å². The van der Waals surface area contributed by atoms with Crippen LogP contribution in [0.15, 0.2) is 46.9 Å². The summed E-state index contributed by atoms with van der Waals surface area (Å²) < 4.78 is 27.5. The molecule has 2 amide bonds. The van der Waals surface area contributed by atoms with Gasteiger partial charge >= 0.3 is 0 Å². The van der Waals surface area contributed by atoms with Crippen LogP contribution in [0.3, 0.4) is 0 Å². The maximum atomic E-state index is 13.6. The van der Waals surface area contributed by atoms with E-state index >= 15 is 0 Å². The Morgan fingerprint density at radius 2 is 1.62 bits per heavy atom. The highest BCUT2D eigenvalue weighted by Gasteiger charge is 2.31. The molecule has 0 aliphatic heterocycles. The average molecular weight is 553 g/mol. The van der Waals surface area contributed by atoms with Crippen molar-refractivity contribution in [1.82, 2.24) is 10.2 Å². The Morgan fingerprint density at radius 1 is 1.03 bits per heavy atom. The molecular weight excluding hydrogens is 518 g/mol. The minimum Gasteiger partial charge on any atom is -0.354 e. The van der Waals surface area contributed by atoms with Crippen molar-refractivity contribution in [3.63, 3.8) is 0 Å². The fourth-order valence-corrected chi connectivity index (χ4v) is 5.05. The fourth-order valence-electron chi connectivity index (χ4n) is 3.64. The second kappa shape index (κ2) is 11.8. The van der Waals surface area contributed by atoms with Gasteiger partial charge in [0.1, 0.15) is 12.6 Å². The zero-order chi connectivity index (χ0) is 25.6. The van der Waals surface area contributed by atoms with Crippen molar-refractivity contribution < 1.29 is 18.0 Å². The largest absolute Gasteiger partial charge is 0.354 e. The molecule has 1 N–H and O–H groups in total. The number of hydrogen-bond donors (Lipinski definition) is 1. The normalized spacial score (nSPS) is 12.4. The summed E-state index contributed by atoms with van der Waals surface area (Å²) in [5, 5.41) is 2.87. The monoisotopic (exact) mass is 551 g/mol. The molecule has 0 saturated heterocycles. The van der Waals surface area contributed by atoms with Gasteiger partial charge in [-0.1, -0.05) is 60.1 Å². The lowest BCUT2D eigenvalue weighted by molar-refractivity contribution is -0.139. The summed E-state index contributed by atoms with van der Waals surface area (Å²) >= 11 is 3.44. The maximum absolute atomic E-state index is 13.6. The first-order chi connectivity index (χ1) is 15.8. The molecule has 2 aromatic carbocycles. The van der Waals surface area contributed by atoms with Gasteiger partial charge in [0.05, 0.1) is 11.9 Å². The maximum Gasteiger partial charge on any atom is 0.244 e. The summed E-state index contributed by atoms with van der Waals surface area (Å²) in [6, 6.07) is 12.1. The van der Waals surface area contributed by atoms with Crippen LogP contribution in [0.4, 0.5) is 5.69 Å². The van der Waals surface area contributed by atoms with Gasteiger partial charge in [-0.3, -0.25) is 13.9 Å². The van der Waals surface area contributed by atoms with Crippen LogP contribution in [0.1, 0.15) is 37.5 Å². The molecule has 0 radical (unpaired) electrons. The van der Waals surface area contributed by atoms with Crippen LogP contribution in [0.5, 0.6) is 0 Å². The van der Waals surface area contributed by atoms with Crippen LogP contribution in [-0.4, -0.2) is 50.5 Å². The van der Waals surface area contributed by atoms with E-state index in [4.69, 9.17) is 0 Å². The highest BCUT2D eigenvalue weighted by molar-refractivity contribution is 9.10. The molecular formula is C25H34BrN3O4S. The molecule has 0 aromatic heterocycles. The van der Waals surface area contributed by atoms with Crippen molar-refractivity contribution in [3.8, 4) is 0 Å². The van der Waals surface area contributed by atoms with Crippen molar-refractivity contribution in [2.75, 3.05) is 23.7 Å². The molecule has 7 nitrogen and oxygen atoms in total. The van der Waals surface area contributed by atoms with Crippen molar-refractivity contribution in [1.29, 1.82) is 0 Å². The number of aryl methyl sites for hydroxylation is 2.